The normalized spacial score (nSPS) is 10.8. The minimum Gasteiger partial charge on any atom is -0.274 e. The lowest BCUT2D eigenvalue weighted by atomic mass is 10.1. The number of hydrogen-bond acceptors (Lipinski definition) is 5. The van der Waals surface area contributed by atoms with E-state index >= 15 is 0 Å². The Morgan fingerprint density at radius 1 is 1.04 bits per heavy atom. The first kappa shape index (κ1) is 17.2. The third kappa shape index (κ3) is 3.88. The largest absolute Gasteiger partial charge is 0.274 e. The maximum absolute atomic E-state index is 10.7. The molecule has 3 aromatic rings. The Morgan fingerprint density at radius 2 is 1.68 bits per heavy atom. The number of nitro benzene ring substituents is 1. The van der Waals surface area contributed by atoms with E-state index in [1.165, 1.54) is 17.7 Å². The quantitative estimate of drug-likeness (QED) is 0.374. The lowest BCUT2D eigenvalue weighted by Gasteiger charge is -2.09. The van der Waals surface area contributed by atoms with Crippen molar-refractivity contribution in [1.82, 2.24) is 14.8 Å². The molecule has 2 aromatic carbocycles. The smallest absolute Gasteiger partial charge is 0.269 e. The molecule has 0 aliphatic rings. The van der Waals surface area contributed by atoms with Gasteiger partial charge in [0.2, 0.25) is 0 Å². The average molecular weight is 354 g/mol. The Hall–Kier alpha value is -2.67. The number of nitrogens with zero attached hydrogens (tertiary/aromatic N) is 4. The first-order valence-corrected chi connectivity index (χ1v) is 8.94. The first-order valence-electron chi connectivity index (χ1n) is 7.96. The highest BCUT2D eigenvalue weighted by Gasteiger charge is 2.12. The molecule has 3 rings (SSSR count). The van der Waals surface area contributed by atoms with Crippen molar-refractivity contribution in [3.8, 4) is 5.69 Å². The zero-order valence-electron chi connectivity index (χ0n) is 14.0. The fraction of sp³-hybridized carbons (Fsp3) is 0.222. The fourth-order valence-corrected chi connectivity index (χ4v) is 3.43. The van der Waals surface area contributed by atoms with Gasteiger partial charge in [-0.1, -0.05) is 43.0 Å². The molecule has 7 heteroatoms. The van der Waals surface area contributed by atoms with Crippen molar-refractivity contribution in [2.24, 2.45) is 0 Å². The van der Waals surface area contributed by atoms with Crippen LogP contribution in [0.15, 0.2) is 53.7 Å². The van der Waals surface area contributed by atoms with Crippen LogP contribution in [0.1, 0.15) is 23.9 Å². The third-order valence-electron chi connectivity index (χ3n) is 3.91. The van der Waals surface area contributed by atoms with Gasteiger partial charge in [0, 0.05) is 23.6 Å². The molecule has 0 saturated heterocycles. The molecule has 0 aliphatic carbocycles. The van der Waals surface area contributed by atoms with Gasteiger partial charge in [0.05, 0.1) is 4.92 Å². The molecule has 0 spiro atoms. The molecule has 0 unspecified atom stereocenters. The van der Waals surface area contributed by atoms with Gasteiger partial charge in [0.1, 0.15) is 5.82 Å². The van der Waals surface area contributed by atoms with Crippen molar-refractivity contribution < 1.29 is 4.92 Å². The van der Waals surface area contributed by atoms with Crippen molar-refractivity contribution in [3.63, 3.8) is 0 Å². The van der Waals surface area contributed by atoms with Crippen molar-refractivity contribution >= 4 is 17.4 Å². The second-order valence-electron chi connectivity index (χ2n) is 5.60. The Labute approximate surface area is 150 Å². The van der Waals surface area contributed by atoms with Gasteiger partial charge in [0.15, 0.2) is 5.16 Å². The van der Waals surface area contributed by atoms with Gasteiger partial charge in [-0.05, 0) is 36.6 Å². The number of aryl methyl sites for hydroxylation is 2. The van der Waals surface area contributed by atoms with E-state index in [4.69, 9.17) is 0 Å². The van der Waals surface area contributed by atoms with Crippen LogP contribution >= 0.6 is 11.8 Å². The minimum absolute atomic E-state index is 0.101. The SMILES string of the molecule is CCc1ccc(-n2c(C)nnc2SCc2ccc([N+](=O)[O-])cc2)cc1. The van der Waals surface area contributed by atoms with Crippen LogP contribution in [-0.4, -0.2) is 19.7 Å². The Bertz CT molecular complexity index is 873. The van der Waals surface area contributed by atoms with Crippen molar-refractivity contribution in [2.75, 3.05) is 0 Å². The van der Waals surface area contributed by atoms with Crippen LogP contribution in [-0.2, 0) is 12.2 Å². The predicted octanol–water partition coefficient (Wildman–Crippen LogP) is 4.34. The van der Waals surface area contributed by atoms with E-state index < -0.39 is 4.92 Å². The summed E-state index contributed by atoms with van der Waals surface area (Å²) in [6, 6.07) is 15.0. The van der Waals surface area contributed by atoms with E-state index in [0.29, 0.717) is 5.75 Å². The van der Waals surface area contributed by atoms with Crippen LogP contribution in [0.2, 0.25) is 0 Å². The van der Waals surface area contributed by atoms with E-state index in [1.54, 1.807) is 23.9 Å². The Balaban J connectivity index is 1.78. The summed E-state index contributed by atoms with van der Waals surface area (Å²) >= 11 is 1.56. The molecule has 1 aromatic heterocycles. The van der Waals surface area contributed by atoms with Gasteiger partial charge in [0.25, 0.3) is 5.69 Å². The molecular formula is C18H18N4O2S. The van der Waals surface area contributed by atoms with Crippen molar-refractivity contribution in [3.05, 3.63) is 75.6 Å². The molecule has 0 fully saturated rings. The molecule has 0 N–H and O–H groups in total. The number of nitro groups is 1. The monoisotopic (exact) mass is 354 g/mol. The van der Waals surface area contributed by atoms with E-state index in [0.717, 1.165) is 28.7 Å². The van der Waals surface area contributed by atoms with Crippen LogP contribution < -0.4 is 0 Å². The molecule has 0 saturated carbocycles. The molecule has 0 bridgehead atoms. The van der Waals surface area contributed by atoms with Crippen LogP contribution in [0.5, 0.6) is 0 Å². The molecule has 0 atom stereocenters. The third-order valence-corrected chi connectivity index (χ3v) is 4.91. The highest BCUT2D eigenvalue weighted by atomic mass is 32.2. The highest BCUT2D eigenvalue weighted by molar-refractivity contribution is 7.98. The van der Waals surface area contributed by atoms with Gasteiger partial charge in [-0.15, -0.1) is 10.2 Å². The maximum atomic E-state index is 10.7. The van der Waals surface area contributed by atoms with Crippen LogP contribution in [0, 0.1) is 17.0 Å². The van der Waals surface area contributed by atoms with Crippen molar-refractivity contribution in [2.45, 2.75) is 31.2 Å². The standard InChI is InChI=1S/C18H18N4O2S/c1-3-14-4-8-16(9-5-14)21-13(2)19-20-18(21)25-12-15-6-10-17(11-7-15)22(23)24/h4-11H,3,12H2,1-2H3. The van der Waals surface area contributed by atoms with Gasteiger partial charge in [-0.25, -0.2) is 0 Å². The molecule has 6 nitrogen and oxygen atoms in total. The summed E-state index contributed by atoms with van der Waals surface area (Å²) in [6.07, 6.45) is 1.00. The molecule has 1 heterocycles. The molecule has 25 heavy (non-hydrogen) atoms. The molecule has 0 amide bonds. The summed E-state index contributed by atoms with van der Waals surface area (Å²) in [5, 5.41) is 20.0. The topological polar surface area (TPSA) is 73.8 Å². The number of hydrogen-bond donors (Lipinski definition) is 0. The molecular weight excluding hydrogens is 336 g/mol. The zero-order chi connectivity index (χ0) is 17.8. The Morgan fingerprint density at radius 3 is 2.28 bits per heavy atom. The minimum atomic E-state index is -0.392. The fourth-order valence-electron chi connectivity index (χ4n) is 2.48. The van der Waals surface area contributed by atoms with Crippen molar-refractivity contribution in [1.29, 1.82) is 0 Å². The van der Waals surface area contributed by atoms with Gasteiger partial charge < -0.3 is 0 Å². The number of rotatable bonds is 6. The van der Waals surface area contributed by atoms with Crippen LogP contribution in [0.25, 0.3) is 5.69 Å². The zero-order valence-corrected chi connectivity index (χ0v) is 14.9. The van der Waals surface area contributed by atoms with Crippen LogP contribution in [0.4, 0.5) is 5.69 Å². The summed E-state index contributed by atoms with van der Waals surface area (Å²) in [6.45, 7) is 4.06. The first-order chi connectivity index (χ1) is 12.1. The number of non-ortho nitro benzene ring substituents is 1. The van der Waals surface area contributed by atoms with E-state index in [-0.39, 0.29) is 5.69 Å². The molecule has 0 radical (unpaired) electrons. The highest BCUT2D eigenvalue weighted by Crippen LogP contribution is 2.26. The lowest BCUT2D eigenvalue weighted by Crippen LogP contribution is -1.99. The average Bonchev–Trinajstić information content (AvgIpc) is 3.01. The number of benzene rings is 2. The van der Waals surface area contributed by atoms with Crippen LogP contribution in [0.3, 0.4) is 0 Å². The molecule has 128 valence electrons. The summed E-state index contributed by atoms with van der Waals surface area (Å²) < 4.78 is 2.02. The second-order valence-corrected chi connectivity index (χ2v) is 6.54. The summed E-state index contributed by atoms with van der Waals surface area (Å²) in [4.78, 5) is 10.3. The lowest BCUT2D eigenvalue weighted by molar-refractivity contribution is -0.384. The van der Waals surface area contributed by atoms with E-state index in [9.17, 15) is 10.1 Å². The van der Waals surface area contributed by atoms with Gasteiger partial charge in [-0.3, -0.25) is 14.7 Å². The number of aromatic nitrogens is 3. The predicted molar refractivity (Wildman–Crippen MR) is 98.1 cm³/mol. The summed E-state index contributed by atoms with van der Waals surface area (Å²) in [5.74, 6) is 1.50. The van der Waals surface area contributed by atoms with E-state index in [1.807, 2.05) is 11.5 Å². The maximum Gasteiger partial charge on any atom is 0.269 e. The number of thioether (sulfide) groups is 1. The summed E-state index contributed by atoms with van der Waals surface area (Å²) in [7, 11) is 0. The molecule has 0 aliphatic heterocycles. The summed E-state index contributed by atoms with van der Waals surface area (Å²) in [5.41, 5.74) is 3.42. The second kappa shape index (κ2) is 7.48. The van der Waals surface area contributed by atoms with Gasteiger partial charge in [-0.2, -0.15) is 0 Å². The van der Waals surface area contributed by atoms with Gasteiger partial charge >= 0.3 is 0 Å². The van der Waals surface area contributed by atoms with E-state index in [2.05, 4.69) is 41.4 Å². The Kier molecular flexibility index (Phi) is 5.14.